The van der Waals surface area contributed by atoms with Crippen molar-refractivity contribution in [1.29, 1.82) is 0 Å². The molecular weight excluding hydrogens is 511 g/mol. The molecule has 12 heteroatoms. The summed E-state index contributed by atoms with van der Waals surface area (Å²) in [5.74, 6) is 1.33. The van der Waals surface area contributed by atoms with Gasteiger partial charge in [0.05, 0.1) is 5.69 Å². The first-order chi connectivity index (χ1) is 18.4. The standard InChI is InChI=1S/C27H28F3N7O2/c1-26(39,19-13-20(27(28,29)30)35(2)34-19)17-6-3-15(4-7-17)22-23-24(31)32-11-12-36(23)25(33-22)16-5-8-18-9-10-21(38)37(18)14-16/h3-4,6-7,11-13,16,18,39H,5,8-10,14H2,1-2H3,(H2,31,32)/t16-,18+,26?/m1/s1. The summed E-state index contributed by atoms with van der Waals surface area (Å²) >= 11 is 0. The normalized spacial score (nSPS) is 21.4. The van der Waals surface area contributed by atoms with E-state index < -0.39 is 17.5 Å². The molecule has 39 heavy (non-hydrogen) atoms. The van der Waals surface area contributed by atoms with Crippen LogP contribution in [0.3, 0.4) is 0 Å². The van der Waals surface area contributed by atoms with E-state index in [1.54, 1.807) is 30.5 Å². The Morgan fingerprint density at radius 2 is 1.87 bits per heavy atom. The van der Waals surface area contributed by atoms with Crippen LogP contribution in [0.2, 0.25) is 0 Å². The molecule has 1 unspecified atom stereocenters. The molecule has 0 bridgehead atoms. The van der Waals surface area contributed by atoms with Crippen molar-refractivity contribution in [2.24, 2.45) is 7.05 Å². The molecule has 2 fully saturated rings. The first-order valence-corrected chi connectivity index (χ1v) is 12.8. The number of amides is 1. The predicted molar refractivity (Wildman–Crippen MR) is 136 cm³/mol. The van der Waals surface area contributed by atoms with Crippen LogP contribution < -0.4 is 5.73 Å². The van der Waals surface area contributed by atoms with E-state index in [1.165, 1.54) is 14.0 Å². The molecule has 204 valence electrons. The lowest BCUT2D eigenvalue weighted by atomic mass is 9.91. The molecule has 1 aromatic carbocycles. The average molecular weight is 540 g/mol. The molecule has 0 radical (unpaired) electrons. The zero-order valence-corrected chi connectivity index (χ0v) is 21.5. The Morgan fingerprint density at radius 1 is 1.13 bits per heavy atom. The summed E-state index contributed by atoms with van der Waals surface area (Å²) in [5, 5.41) is 15.1. The van der Waals surface area contributed by atoms with Crippen LogP contribution in [0.15, 0.2) is 42.7 Å². The zero-order valence-electron chi connectivity index (χ0n) is 21.5. The fourth-order valence-corrected chi connectivity index (χ4v) is 5.92. The molecule has 0 aliphatic carbocycles. The van der Waals surface area contributed by atoms with Gasteiger partial charge in [-0.15, -0.1) is 0 Å². The molecule has 6 rings (SSSR count). The molecule has 1 amide bonds. The van der Waals surface area contributed by atoms with E-state index in [0.29, 0.717) is 47.2 Å². The number of halogens is 3. The van der Waals surface area contributed by atoms with Crippen LogP contribution in [0.25, 0.3) is 16.8 Å². The Hall–Kier alpha value is -3.93. The Kier molecular flexibility index (Phi) is 5.72. The number of carbonyl (C=O) groups is 1. The lowest BCUT2D eigenvalue weighted by Gasteiger charge is -2.34. The van der Waals surface area contributed by atoms with Crippen LogP contribution in [0.1, 0.15) is 61.3 Å². The summed E-state index contributed by atoms with van der Waals surface area (Å²) in [4.78, 5) is 23.6. The van der Waals surface area contributed by atoms with Crippen molar-refractivity contribution in [3.63, 3.8) is 0 Å². The lowest BCUT2D eigenvalue weighted by molar-refractivity contribution is -0.143. The Bertz CT molecular complexity index is 1570. The second-order valence-corrected chi connectivity index (χ2v) is 10.5. The van der Waals surface area contributed by atoms with Gasteiger partial charge in [-0.3, -0.25) is 13.9 Å². The van der Waals surface area contributed by atoms with Gasteiger partial charge in [0.1, 0.15) is 34.1 Å². The molecule has 0 spiro atoms. The van der Waals surface area contributed by atoms with Crippen molar-refractivity contribution >= 4 is 17.2 Å². The number of carbonyl (C=O) groups excluding carboxylic acids is 1. The van der Waals surface area contributed by atoms with Gasteiger partial charge in [-0.2, -0.15) is 18.3 Å². The van der Waals surface area contributed by atoms with E-state index in [-0.39, 0.29) is 17.5 Å². The Morgan fingerprint density at radius 3 is 2.56 bits per heavy atom. The van der Waals surface area contributed by atoms with Crippen molar-refractivity contribution < 1.29 is 23.1 Å². The van der Waals surface area contributed by atoms with Crippen molar-refractivity contribution in [2.45, 2.75) is 56.3 Å². The monoisotopic (exact) mass is 539 g/mol. The van der Waals surface area contributed by atoms with E-state index in [0.717, 1.165) is 35.8 Å². The number of aryl methyl sites for hydroxylation is 1. The van der Waals surface area contributed by atoms with E-state index in [4.69, 9.17) is 10.7 Å². The average Bonchev–Trinajstić information content (AvgIpc) is 3.60. The zero-order chi connectivity index (χ0) is 27.7. The van der Waals surface area contributed by atoms with Gasteiger partial charge < -0.3 is 15.7 Å². The van der Waals surface area contributed by atoms with E-state index in [9.17, 15) is 23.1 Å². The van der Waals surface area contributed by atoms with Crippen LogP contribution in [0.4, 0.5) is 19.0 Å². The summed E-state index contributed by atoms with van der Waals surface area (Å²) in [5.41, 5.74) is 5.80. The van der Waals surface area contributed by atoms with Crippen molar-refractivity contribution in [1.82, 2.24) is 29.0 Å². The lowest BCUT2D eigenvalue weighted by Crippen LogP contribution is -2.41. The smallest absolute Gasteiger partial charge is 0.382 e. The number of benzene rings is 1. The summed E-state index contributed by atoms with van der Waals surface area (Å²) < 4.78 is 42.5. The van der Waals surface area contributed by atoms with Crippen molar-refractivity contribution in [3.05, 3.63) is 65.5 Å². The highest BCUT2D eigenvalue weighted by atomic mass is 19.4. The van der Waals surface area contributed by atoms with Crippen LogP contribution in [-0.4, -0.2) is 52.6 Å². The molecule has 2 aliphatic rings. The van der Waals surface area contributed by atoms with Gasteiger partial charge in [-0.25, -0.2) is 9.97 Å². The minimum atomic E-state index is -4.59. The molecule has 2 aliphatic heterocycles. The van der Waals surface area contributed by atoms with E-state index >= 15 is 0 Å². The summed E-state index contributed by atoms with van der Waals surface area (Å²) in [7, 11) is 1.19. The maximum Gasteiger partial charge on any atom is 0.433 e. The molecule has 0 saturated carbocycles. The number of nitrogens with two attached hydrogens (primary N) is 1. The minimum Gasteiger partial charge on any atom is -0.382 e. The number of hydrogen-bond acceptors (Lipinski definition) is 6. The largest absolute Gasteiger partial charge is 0.433 e. The molecule has 5 heterocycles. The quantitative estimate of drug-likeness (QED) is 0.407. The third-order valence-corrected chi connectivity index (χ3v) is 8.08. The first kappa shape index (κ1) is 25.4. The van der Waals surface area contributed by atoms with Crippen LogP contribution in [0.5, 0.6) is 0 Å². The number of fused-ring (bicyclic) bond motifs is 2. The number of imidazole rings is 1. The highest BCUT2D eigenvalue weighted by Crippen LogP contribution is 2.39. The van der Waals surface area contributed by atoms with Gasteiger partial charge in [0.15, 0.2) is 0 Å². The number of anilines is 1. The van der Waals surface area contributed by atoms with E-state index in [1.807, 2.05) is 15.5 Å². The van der Waals surface area contributed by atoms with Gasteiger partial charge in [-0.05, 0) is 37.8 Å². The van der Waals surface area contributed by atoms with Gasteiger partial charge in [0.2, 0.25) is 5.91 Å². The Balaban J connectivity index is 1.36. The minimum absolute atomic E-state index is 0.0401. The maximum atomic E-state index is 13.3. The summed E-state index contributed by atoms with van der Waals surface area (Å²) in [6.45, 7) is 2.02. The second kappa shape index (κ2) is 8.80. The fourth-order valence-electron chi connectivity index (χ4n) is 5.92. The number of piperidine rings is 1. The van der Waals surface area contributed by atoms with Gasteiger partial charge in [0.25, 0.3) is 0 Å². The van der Waals surface area contributed by atoms with Gasteiger partial charge >= 0.3 is 6.18 Å². The number of hydrogen-bond donors (Lipinski definition) is 2. The molecule has 3 N–H and O–H groups in total. The second-order valence-electron chi connectivity index (χ2n) is 10.5. The molecular formula is C27H28F3N7O2. The SMILES string of the molecule is Cn1nc(C(C)(O)c2ccc(-c3nc([C@@H]4CC[C@H]5CCC(=O)N5C4)n4ccnc(N)c34)cc2)cc1C(F)(F)F. The Labute approximate surface area is 222 Å². The molecule has 3 atom stereocenters. The molecule has 9 nitrogen and oxygen atoms in total. The van der Waals surface area contributed by atoms with Crippen molar-refractivity contribution in [2.75, 3.05) is 12.3 Å². The molecule has 2 saturated heterocycles. The maximum absolute atomic E-state index is 13.3. The van der Waals surface area contributed by atoms with Gasteiger partial charge in [0, 0.05) is 49.9 Å². The predicted octanol–water partition coefficient (Wildman–Crippen LogP) is 3.86. The third kappa shape index (κ3) is 4.13. The number of aromatic nitrogens is 5. The molecule has 4 aromatic rings. The highest BCUT2D eigenvalue weighted by molar-refractivity contribution is 5.85. The topological polar surface area (TPSA) is 115 Å². The number of alkyl halides is 3. The van der Waals surface area contributed by atoms with Crippen LogP contribution >= 0.6 is 0 Å². The number of nitrogens with zero attached hydrogens (tertiary/aromatic N) is 6. The summed E-state index contributed by atoms with van der Waals surface area (Å²) in [6.07, 6.45) is 2.17. The number of nitrogen functional groups attached to an aromatic ring is 1. The fraction of sp³-hybridized carbons (Fsp3) is 0.407. The molecule has 3 aromatic heterocycles. The van der Waals surface area contributed by atoms with Crippen LogP contribution in [0, 0.1) is 0 Å². The number of aliphatic hydroxyl groups is 1. The number of rotatable bonds is 4. The highest BCUT2D eigenvalue weighted by Gasteiger charge is 2.40. The first-order valence-electron chi connectivity index (χ1n) is 12.8. The third-order valence-electron chi connectivity index (χ3n) is 8.08. The van der Waals surface area contributed by atoms with Crippen LogP contribution in [-0.2, 0) is 23.6 Å². The summed E-state index contributed by atoms with van der Waals surface area (Å²) in [6, 6.07) is 7.94. The van der Waals surface area contributed by atoms with Crippen molar-refractivity contribution in [3.8, 4) is 11.3 Å². The van der Waals surface area contributed by atoms with E-state index in [2.05, 4.69) is 10.1 Å². The van der Waals surface area contributed by atoms with Gasteiger partial charge in [-0.1, -0.05) is 24.3 Å².